The third-order valence-corrected chi connectivity index (χ3v) is 5.68. The fourth-order valence-corrected chi connectivity index (χ4v) is 5.68. The van der Waals surface area contributed by atoms with Crippen molar-refractivity contribution in [3.8, 4) is 22.6 Å². The fourth-order valence-electron chi connectivity index (χ4n) is 1.61. The maximum absolute atomic E-state index is 10.0. The molecular weight excluding hydrogens is 576 g/mol. The lowest BCUT2D eigenvalue weighted by molar-refractivity contribution is 0.468. The first-order valence-corrected chi connectivity index (χ1v) is 8.84. The molecule has 2 aromatic rings. The van der Waals surface area contributed by atoms with Crippen molar-refractivity contribution in [1.29, 1.82) is 0 Å². The Labute approximate surface area is 151 Å². The number of rotatable bonds is 1. The van der Waals surface area contributed by atoms with Crippen molar-refractivity contribution in [3.63, 3.8) is 0 Å². The molecule has 2 N–H and O–H groups in total. The van der Waals surface area contributed by atoms with Crippen LogP contribution in [0.25, 0.3) is 11.1 Å². The van der Waals surface area contributed by atoms with Crippen LogP contribution in [-0.2, 0) is 0 Å². The molecule has 0 heterocycles. The molecular formula is C12H5Br5O2. The van der Waals surface area contributed by atoms with Crippen LogP contribution in [-0.4, -0.2) is 10.2 Å². The third kappa shape index (κ3) is 3.05. The van der Waals surface area contributed by atoms with Crippen molar-refractivity contribution in [3.05, 3.63) is 40.6 Å². The topological polar surface area (TPSA) is 40.5 Å². The maximum Gasteiger partial charge on any atom is 0.144 e. The second-order valence-corrected chi connectivity index (χ2v) is 7.87. The standard InChI is InChI=1S/C12H5Br5O2/c13-5-1-4(18)2-6(14)9(5)10-7(15)3-8(16)12(19)11(10)17/h1-3,18-19H. The molecule has 0 amide bonds. The average molecular weight is 581 g/mol. The molecule has 7 heteroatoms. The molecule has 0 aliphatic heterocycles. The fraction of sp³-hybridized carbons (Fsp3) is 0. The summed E-state index contributed by atoms with van der Waals surface area (Å²) in [4.78, 5) is 0. The van der Waals surface area contributed by atoms with Gasteiger partial charge in [0.15, 0.2) is 0 Å². The molecule has 2 aromatic carbocycles. The predicted molar refractivity (Wildman–Crippen MR) is 93.7 cm³/mol. The van der Waals surface area contributed by atoms with E-state index < -0.39 is 0 Å². The Hall–Kier alpha value is 0.440. The van der Waals surface area contributed by atoms with Gasteiger partial charge in [-0.25, -0.2) is 0 Å². The Balaban J connectivity index is 2.84. The van der Waals surface area contributed by atoms with E-state index in [0.717, 1.165) is 15.6 Å². The molecule has 0 bridgehead atoms. The molecule has 2 rings (SSSR count). The van der Waals surface area contributed by atoms with E-state index >= 15 is 0 Å². The molecule has 0 atom stereocenters. The second-order valence-electron chi connectivity index (χ2n) is 3.66. The van der Waals surface area contributed by atoms with Crippen molar-refractivity contribution < 1.29 is 10.2 Å². The number of halogens is 5. The van der Waals surface area contributed by atoms with Gasteiger partial charge >= 0.3 is 0 Å². The number of phenols is 2. The average Bonchev–Trinajstić information content (AvgIpc) is 2.29. The first kappa shape index (κ1) is 15.8. The zero-order valence-electron chi connectivity index (χ0n) is 9.02. The van der Waals surface area contributed by atoms with Crippen LogP contribution < -0.4 is 0 Å². The van der Waals surface area contributed by atoms with Crippen LogP contribution in [0.1, 0.15) is 0 Å². The molecule has 0 fully saturated rings. The molecule has 0 unspecified atom stereocenters. The molecule has 100 valence electrons. The van der Waals surface area contributed by atoms with Crippen molar-refractivity contribution in [1.82, 2.24) is 0 Å². The molecule has 0 saturated carbocycles. The van der Waals surface area contributed by atoms with Crippen LogP contribution in [0.5, 0.6) is 11.5 Å². The highest BCUT2D eigenvalue weighted by Crippen LogP contribution is 2.49. The zero-order valence-corrected chi connectivity index (χ0v) is 16.9. The Morgan fingerprint density at radius 3 is 1.63 bits per heavy atom. The Bertz CT molecular complexity index is 647. The van der Waals surface area contributed by atoms with E-state index in [4.69, 9.17) is 0 Å². The normalized spacial score (nSPS) is 10.8. The molecule has 0 saturated heterocycles. The molecule has 2 nitrogen and oxygen atoms in total. The monoisotopic (exact) mass is 576 g/mol. The van der Waals surface area contributed by atoms with E-state index in [0.29, 0.717) is 17.9 Å². The Kier molecular flexibility index (Phi) is 5.04. The van der Waals surface area contributed by atoms with Crippen LogP contribution in [0.2, 0.25) is 0 Å². The highest BCUT2D eigenvalue weighted by molar-refractivity contribution is 9.12. The van der Waals surface area contributed by atoms with Gasteiger partial charge in [0, 0.05) is 24.5 Å². The van der Waals surface area contributed by atoms with Crippen LogP contribution in [0, 0.1) is 0 Å². The highest BCUT2D eigenvalue weighted by atomic mass is 79.9. The summed E-state index contributed by atoms with van der Waals surface area (Å²) in [5, 5.41) is 19.6. The van der Waals surface area contributed by atoms with Crippen molar-refractivity contribution in [2.24, 2.45) is 0 Å². The molecule has 0 aliphatic rings. The Morgan fingerprint density at radius 1 is 0.632 bits per heavy atom. The second kappa shape index (κ2) is 6.05. The van der Waals surface area contributed by atoms with Gasteiger partial charge in [-0.1, -0.05) is 15.9 Å². The summed E-state index contributed by atoms with van der Waals surface area (Å²) in [5.74, 6) is 0.265. The summed E-state index contributed by atoms with van der Waals surface area (Å²) in [6, 6.07) is 4.96. The van der Waals surface area contributed by atoms with Gasteiger partial charge < -0.3 is 10.2 Å². The first-order chi connectivity index (χ1) is 8.82. The summed E-state index contributed by atoms with van der Waals surface area (Å²) < 4.78 is 3.36. The lowest BCUT2D eigenvalue weighted by Crippen LogP contribution is -1.88. The van der Waals surface area contributed by atoms with Crippen molar-refractivity contribution in [2.75, 3.05) is 0 Å². The summed E-state index contributed by atoms with van der Waals surface area (Å²) in [5.41, 5.74) is 1.60. The summed E-state index contributed by atoms with van der Waals surface area (Å²) in [6.07, 6.45) is 0. The zero-order chi connectivity index (χ0) is 14.3. The van der Waals surface area contributed by atoms with Gasteiger partial charge in [0.2, 0.25) is 0 Å². The van der Waals surface area contributed by atoms with Gasteiger partial charge in [0.1, 0.15) is 11.5 Å². The van der Waals surface area contributed by atoms with E-state index in [1.54, 1.807) is 18.2 Å². The molecule has 19 heavy (non-hydrogen) atoms. The van der Waals surface area contributed by atoms with E-state index in [1.807, 2.05) is 0 Å². The van der Waals surface area contributed by atoms with Crippen LogP contribution in [0.15, 0.2) is 40.6 Å². The minimum atomic E-state index is 0.116. The number of benzene rings is 2. The van der Waals surface area contributed by atoms with Gasteiger partial charge in [-0.15, -0.1) is 0 Å². The third-order valence-electron chi connectivity index (χ3n) is 2.42. The van der Waals surface area contributed by atoms with Gasteiger partial charge in [-0.3, -0.25) is 0 Å². The number of hydrogen-bond acceptors (Lipinski definition) is 2. The number of hydrogen-bond donors (Lipinski definition) is 2. The van der Waals surface area contributed by atoms with E-state index in [1.165, 1.54) is 0 Å². The molecule has 0 aliphatic carbocycles. The minimum Gasteiger partial charge on any atom is -0.508 e. The van der Waals surface area contributed by atoms with Crippen molar-refractivity contribution in [2.45, 2.75) is 0 Å². The van der Waals surface area contributed by atoms with Gasteiger partial charge in [-0.05, 0) is 81.9 Å². The minimum absolute atomic E-state index is 0.116. The van der Waals surface area contributed by atoms with Crippen LogP contribution in [0.4, 0.5) is 0 Å². The van der Waals surface area contributed by atoms with Gasteiger partial charge in [0.25, 0.3) is 0 Å². The van der Waals surface area contributed by atoms with Crippen molar-refractivity contribution >= 4 is 79.6 Å². The lowest BCUT2D eigenvalue weighted by Gasteiger charge is -2.14. The summed E-state index contributed by atoms with van der Waals surface area (Å²) >= 11 is 17.0. The van der Waals surface area contributed by atoms with Crippen LogP contribution in [0.3, 0.4) is 0 Å². The van der Waals surface area contributed by atoms with E-state index in [2.05, 4.69) is 79.6 Å². The maximum atomic E-state index is 10.0. The first-order valence-electron chi connectivity index (χ1n) is 4.87. The summed E-state index contributed by atoms with van der Waals surface area (Å²) in [7, 11) is 0. The number of aromatic hydroxyl groups is 2. The highest BCUT2D eigenvalue weighted by Gasteiger charge is 2.19. The quantitative estimate of drug-likeness (QED) is 0.400. The van der Waals surface area contributed by atoms with Gasteiger partial charge in [-0.2, -0.15) is 0 Å². The molecule has 0 radical (unpaired) electrons. The molecule has 0 aromatic heterocycles. The summed E-state index contributed by atoms with van der Waals surface area (Å²) in [6.45, 7) is 0. The van der Waals surface area contributed by atoms with Gasteiger partial charge in [0.05, 0.1) is 8.95 Å². The smallest absolute Gasteiger partial charge is 0.144 e. The SMILES string of the molecule is Oc1cc(Br)c(-c2c(Br)cc(Br)c(O)c2Br)c(Br)c1. The lowest BCUT2D eigenvalue weighted by atomic mass is 10.1. The van der Waals surface area contributed by atoms with E-state index in [9.17, 15) is 10.2 Å². The molecule has 0 spiro atoms. The Morgan fingerprint density at radius 2 is 1.11 bits per heavy atom. The number of phenolic OH excluding ortho intramolecular Hbond substituents is 2. The van der Waals surface area contributed by atoms with E-state index in [-0.39, 0.29) is 11.5 Å². The largest absolute Gasteiger partial charge is 0.508 e. The van der Waals surface area contributed by atoms with Crippen LogP contribution >= 0.6 is 79.6 Å². The predicted octanol–water partition coefficient (Wildman–Crippen LogP) is 6.58.